The van der Waals surface area contributed by atoms with Gasteiger partial charge in [0, 0.05) is 13.2 Å². The van der Waals surface area contributed by atoms with E-state index in [4.69, 9.17) is 9.47 Å². The van der Waals surface area contributed by atoms with Crippen molar-refractivity contribution in [3.05, 3.63) is 47.7 Å². The van der Waals surface area contributed by atoms with Gasteiger partial charge in [-0.15, -0.1) is 0 Å². The molecule has 1 unspecified atom stereocenters. The van der Waals surface area contributed by atoms with Gasteiger partial charge < -0.3 is 14.4 Å². The smallest absolute Gasteiger partial charge is 0.267 e. The van der Waals surface area contributed by atoms with Crippen LogP contribution in [0.25, 0.3) is 0 Å². The average molecular weight is 312 g/mol. The first kappa shape index (κ1) is 15.3. The number of ether oxygens (including phenoxy) is 2. The highest BCUT2D eigenvalue weighted by atomic mass is 16.5. The molecule has 1 amide bonds. The number of hydrogen-bond donors (Lipinski definition) is 0. The number of nitrogens with zero attached hydrogens (tertiary/aromatic N) is 2. The molecule has 1 aromatic carbocycles. The van der Waals surface area contributed by atoms with Gasteiger partial charge >= 0.3 is 0 Å². The molecular weight excluding hydrogens is 292 g/mol. The lowest BCUT2D eigenvalue weighted by atomic mass is 9.99. The summed E-state index contributed by atoms with van der Waals surface area (Å²) in [6.45, 7) is 2.06. The van der Waals surface area contributed by atoms with Crippen molar-refractivity contribution in [2.75, 3.05) is 19.1 Å². The molecule has 1 aliphatic rings. The molecule has 2 heterocycles. The number of carbonyl (C=O) groups is 1. The van der Waals surface area contributed by atoms with Crippen LogP contribution in [0.15, 0.2) is 36.5 Å². The highest BCUT2D eigenvalue weighted by molar-refractivity contribution is 5.97. The maximum absolute atomic E-state index is 12.8. The number of anilines is 1. The zero-order valence-electron chi connectivity index (χ0n) is 13.6. The molecule has 1 aliphatic heterocycles. The second-order valence-corrected chi connectivity index (χ2v) is 5.69. The molecular formula is C18H20N2O3. The van der Waals surface area contributed by atoms with Crippen molar-refractivity contribution in [3.63, 3.8) is 0 Å². The highest BCUT2D eigenvalue weighted by Crippen LogP contribution is 2.31. The molecule has 0 bridgehead atoms. The Bertz CT molecular complexity index is 730. The third-order valence-corrected chi connectivity index (χ3v) is 4.07. The molecule has 0 N–H and O–H groups in total. The molecule has 23 heavy (non-hydrogen) atoms. The normalized spacial score (nSPS) is 16.2. The summed E-state index contributed by atoms with van der Waals surface area (Å²) in [5, 5.41) is 0. The van der Waals surface area contributed by atoms with Gasteiger partial charge in [-0.05, 0) is 43.5 Å². The van der Waals surface area contributed by atoms with Crippen molar-refractivity contribution in [2.45, 2.75) is 25.9 Å². The van der Waals surface area contributed by atoms with E-state index in [-0.39, 0.29) is 5.91 Å². The van der Waals surface area contributed by atoms with Gasteiger partial charge in [-0.1, -0.05) is 17.7 Å². The van der Waals surface area contributed by atoms with Crippen LogP contribution in [0.5, 0.6) is 11.6 Å². The molecule has 0 aliphatic carbocycles. The number of aryl methyl sites for hydroxylation is 2. The zero-order chi connectivity index (χ0) is 16.4. The van der Waals surface area contributed by atoms with Crippen LogP contribution < -0.4 is 14.4 Å². The minimum absolute atomic E-state index is 0.0949. The molecule has 5 heteroatoms. The van der Waals surface area contributed by atoms with E-state index in [1.807, 2.05) is 18.2 Å². The van der Waals surface area contributed by atoms with Crippen molar-refractivity contribution >= 4 is 11.6 Å². The summed E-state index contributed by atoms with van der Waals surface area (Å²) in [5.74, 6) is 1.13. The van der Waals surface area contributed by atoms with E-state index in [0.717, 1.165) is 17.7 Å². The van der Waals surface area contributed by atoms with Crippen molar-refractivity contribution in [2.24, 2.45) is 0 Å². The molecule has 0 fully saturated rings. The van der Waals surface area contributed by atoms with Gasteiger partial charge in [0.1, 0.15) is 11.4 Å². The lowest BCUT2D eigenvalue weighted by molar-refractivity contribution is -0.125. The van der Waals surface area contributed by atoms with Crippen LogP contribution in [0, 0.1) is 6.92 Å². The van der Waals surface area contributed by atoms with Gasteiger partial charge in [0.15, 0.2) is 6.10 Å². The Labute approximate surface area is 135 Å². The van der Waals surface area contributed by atoms with Crippen LogP contribution in [-0.4, -0.2) is 31.2 Å². The Morgan fingerprint density at radius 2 is 2.22 bits per heavy atom. The standard InChI is InChI=1S/C18H20N2O3/c1-12-6-8-15-13(11-12)7-9-16(23-15)18(21)20(2)14-5-4-10-19-17(14)22-3/h4-6,8,10-11,16H,7,9H2,1-3H3. The van der Waals surface area contributed by atoms with Gasteiger partial charge in [-0.2, -0.15) is 0 Å². The number of rotatable bonds is 3. The lowest BCUT2D eigenvalue weighted by Crippen LogP contribution is -2.41. The first-order valence-corrected chi connectivity index (χ1v) is 7.63. The minimum atomic E-state index is -0.486. The largest absolute Gasteiger partial charge is 0.480 e. The summed E-state index contributed by atoms with van der Waals surface area (Å²) < 4.78 is 11.1. The number of methoxy groups -OCH3 is 1. The summed E-state index contributed by atoms with van der Waals surface area (Å²) in [4.78, 5) is 18.4. The fraction of sp³-hybridized carbons (Fsp3) is 0.333. The SMILES string of the molecule is COc1ncccc1N(C)C(=O)C1CCc2cc(C)ccc2O1. The zero-order valence-corrected chi connectivity index (χ0v) is 13.6. The molecule has 120 valence electrons. The van der Waals surface area contributed by atoms with Gasteiger partial charge in [-0.25, -0.2) is 4.98 Å². The Morgan fingerprint density at radius 3 is 3.00 bits per heavy atom. The Morgan fingerprint density at radius 1 is 1.39 bits per heavy atom. The third-order valence-electron chi connectivity index (χ3n) is 4.07. The molecule has 3 rings (SSSR count). The predicted octanol–water partition coefficient (Wildman–Crippen LogP) is 2.76. The van der Waals surface area contributed by atoms with Crippen LogP contribution in [0.2, 0.25) is 0 Å². The van der Waals surface area contributed by atoms with Crippen LogP contribution >= 0.6 is 0 Å². The van der Waals surface area contributed by atoms with Crippen molar-refractivity contribution in [3.8, 4) is 11.6 Å². The van der Waals surface area contributed by atoms with Crippen LogP contribution in [0.4, 0.5) is 5.69 Å². The number of likely N-dealkylation sites (N-methyl/N-ethyl adjacent to an activating group) is 1. The van der Waals surface area contributed by atoms with Crippen molar-refractivity contribution in [1.82, 2.24) is 4.98 Å². The van der Waals surface area contributed by atoms with Gasteiger partial charge in [-0.3, -0.25) is 4.79 Å². The Hall–Kier alpha value is -2.56. The molecule has 0 spiro atoms. The molecule has 1 atom stereocenters. The van der Waals surface area contributed by atoms with Crippen LogP contribution in [0.3, 0.4) is 0 Å². The maximum atomic E-state index is 12.8. The van der Waals surface area contributed by atoms with Crippen molar-refractivity contribution in [1.29, 1.82) is 0 Å². The first-order valence-electron chi connectivity index (χ1n) is 7.63. The van der Waals surface area contributed by atoms with Crippen LogP contribution in [0.1, 0.15) is 17.5 Å². The molecule has 1 aromatic heterocycles. The second kappa shape index (κ2) is 6.28. The summed E-state index contributed by atoms with van der Waals surface area (Å²) >= 11 is 0. The quantitative estimate of drug-likeness (QED) is 0.874. The highest BCUT2D eigenvalue weighted by Gasteiger charge is 2.30. The fourth-order valence-electron chi connectivity index (χ4n) is 2.82. The molecule has 0 saturated carbocycles. The van der Waals surface area contributed by atoms with E-state index >= 15 is 0 Å². The van der Waals surface area contributed by atoms with Crippen LogP contribution in [-0.2, 0) is 11.2 Å². The van der Waals surface area contributed by atoms with E-state index in [9.17, 15) is 4.79 Å². The monoisotopic (exact) mass is 312 g/mol. The summed E-state index contributed by atoms with van der Waals surface area (Å²) in [5.41, 5.74) is 3.00. The van der Waals surface area contributed by atoms with Gasteiger partial charge in [0.25, 0.3) is 5.91 Å². The van der Waals surface area contributed by atoms with Crippen molar-refractivity contribution < 1.29 is 14.3 Å². The minimum Gasteiger partial charge on any atom is -0.480 e. The number of fused-ring (bicyclic) bond motifs is 1. The average Bonchev–Trinajstić information content (AvgIpc) is 2.60. The molecule has 5 nitrogen and oxygen atoms in total. The van der Waals surface area contributed by atoms with Gasteiger partial charge in [0.05, 0.1) is 7.11 Å². The van der Waals surface area contributed by atoms with Gasteiger partial charge in [0.2, 0.25) is 5.88 Å². The fourth-order valence-corrected chi connectivity index (χ4v) is 2.82. The first-order chi connectivity index (χ1) is 11.1. The predicted molar refractivity (Wildman–Crippen MR) is 88.1 cm³/mol. The molecule has 0 radical (unpaired) electrons. The Kier molecular flexibility index (Phi) is 4.19. The molecule has 0 saturated heterocycles. The van der Waals surface area contributed by atoms with E-state index in [2.05, 4.69) is 18.0 Å². The Balaban J connectivity index is 1.80. The number of amides is 1. The number of carbonyl (C=O) groups excluding carboxylic acids is 1. The summed E-state index contributed by atoms with van der Waals surface area (Å²) in [7, 11) is 3.26. The number of hydrogen-bond acceptors (Lipinski definition) is 4. The number of benzene rings is 1. The number of aromatic nitrogens is 1. The van der Waals surface area contributed by atoms with E-state index in [1.54, 1.807) is 31.3 Å². The van der Waals surface area contributed by atoms with E-state index in [0.29, 0.717) is 18.0 Å². The van der Waals surface area contributed by atoms with E-state index < -0.39 is 6.10 Å². The number of pyridine rings is 1. The van der Waals surface area contributed by atoms with E-state index in [1.165, 1.54) is 5.56 Å². The summed E-state index contributed by atoms with van der Waals surface area (Å²) in [6.07, 6.45) is 2.66. The summed E-state index contributed by atoms with van der Waals surface area (Å²) in [6, 6.07) is 9.64. The second-order valence-electron chi connectivity index (χ2n) is 5.69. The topological polar surface area (TPSA) is 51.7 Å². The third kappa shape index (κ3) is 2.99. The maximum Gasteiger partial charge on any atom is 0.267 e. The lowest BCUT2D eigenvalue weighted by Gasteiger charge is -2.29. The molecule has 2 aromatic rings.